The number of methoxy groups -OCH3 is 1. The van der Waals surface area contributed by atoms with Crippen LogP contribution < -0.4 is 0 Å². The molecule has 3 N–H and O–H groups in total. The highest BCUT2D eigenvalue weighted by Gasteiger charge is 2.56. The largest absolute Gasteiger partial charge is 0.394 e. The van der Waals surface area contributed by atoms with Crippen LogP contribution in [0, 0.1) is 22.9 Å². The topological polar surface area (TPSA) is 147 Å². The lowest BCUT2D eigenvalue weighted by Gasteiger charge is -2.51. The SMILES string of the molecule is CO[C@@H]1[C@@H](n2cc(-c3cc(F)c(F)c(F)c3)nn2)[C@@H](O)[C@@H](CO)O[C@H]1SC(C(=O)N1CCC(F)(F)CC1)C1(O)CCC2(CC1)CC(=O)C2. The lowest BCUT2D eigenvalue weighted by Crippen LogP contribution is -2.60. The van der Waals surface area contributed by atoms with Gasteiger partial charge in [0.05, 0.1) is 18.4 Å². The van der Waals surface area contributed by atoms with Gasteiger partial charge in [-0.15, -0.1) is 16.9 Å². The number of carbonyl (C=O) groups excluding carboxylic acids is 2. The molecule has 11 nitrogen and oxygen atoms in total. The number of hydrogen-bond donors (Lipinski definition) is 3. The maximum Gasteiger partial charge on any atom is 0.251 e. The molecular formula is C31H37F5N4O7S. The van der Waals surface area contributed by atoms with Crippen LogP contribution in [0.4, 0.5) is 22.0 Å². The van der Waals surface area contributed by atoms with Crippen molar-refractivity contribution in [3.63, 3.8) is 0 Å². The molecule has 6 atom stereocenters. The number of ketones is 1. The summed E-state index contributed by atoms with van der Waals surface area (Å²) in [5.74, 6) is -7.89. The van der Waals surface area contributed by atoms with Crippen LogP contribution in [0.3, 0.4) is 0 Å². The summed E-state index contributed by atoms with van der Waals surface area (Å²) in [6.45, 7) is -1.12. The van der Waals surface area contributed by atoms with E-state index in [9.17, 15) is 46.9 Å². The van der Waals surface area contributed by atoms with Gasteiger partial charge < -0.3 is 29.7 Å². The van der Waals surface area contributed by atoms with Gasteiger partial charge in [0.2, 0.25) is 5.91 Å². The van der Waals surface area contributed by atoms with E-state index >= 15 is 0 Å². The van der Waals surface area contributed by atoms with Crippen molar-refractivity contribution in [3.05, 3.63) is 35.8 Å². The molecule has 6 rings (SSSR count). The molecule has 48 heavy (non-hydrogen) atoms. The number of halogens is 5. The van der Waals surface area contributed by atoms with Gasteiger partial charge in [0, 0.05) is 51.4 Å². The number of hydrogen-bond acceptors (Lipinski definition) is 10. The van der Waals surface area contributed by atoms with Gasteiger partial charge in [0.25, 0.3) is 5.92 Å². The Labute approximate surface area is 276 Å². The maximum absolute atomic E-state index is 14.1. The molecule has 17 heteroatoms. The lowest BCUT2D eigenvalue weighted by molar-refractivity contribution is -0.186. The third-order valence-electron chi connectivity index (χ3n) is 10.3. The first-order valence-corrected chi connectivity index (χ1v) is 16.7. The Morgan fingerprint density at radius 2 is 1.73 bits per heavy atom. The average Bonchev–Trinajstić information content (AvgIpc) is 3.52. The molecule has 4 aliphatic rings. The van der Waals surface area contributed by atoms with E-state index in [1.807, 2.05) is 0 Å². The molecule has 1 spiro atoms. The zero-order valence-electron chi connectivity index (χ0n) is 26.0. The highest BCUT2D eigenvalue weighted by molar-refractivity contribution is 8.01. The van der Waals surface area contributed by atoms with Crippen LogP contribution in [0.5, 0.6) is 0 Å². The fourth-order valence-electron chi connectivity index (χ4n) is 7.36. The monoisotopic (exact) mass is 704 g/mol. The highest BCUT2D eigenvalue weighted by Crippen LogP contribution is 2.54. The molecule has 1 aromatic heterocycles. The first-order chi connectivity index (χ1) is 22.7. The third kappa shape index (κ3) is 6.61. The van der Waals surface area contributed by atoms with Crippen LogP contribution in [0.2, 0.25) is 0 Å². The number of piperidine rings is 1. The Morgan fingerprint density at radius 1 is 1.10 bits per heavy atom. The number of nitrogens with zero attached hydrogens (tertiary/aromatic N) is 4. The van der Waals surface area contributed by atoms with Crippen LogP contribution in [0.1, 0.15) is 57.4 Å². The molecule has 2 saturated carbocycles. The minimum Gasteiger partial charge on any atom is -0.394 e. The van der Waals surface area contributed by atoms with Gasteiger partial charge in [-0.25, -0.2) is 26.6 Å². The van der Waals surface area contributed by atoms with E-state index in [4.69, 9.17) is 9.47 Å². The quantitative estimate of drug-likeness (QED) is 0.277. The summed E-state index contributed by atoms with van der Waals surface area (Å²) in [6, 6.07) is 0.318. The van der Waals surface area contributed by atoms with Gasteiger partial charge in [-0.05, 0) is 43.2 Å². The second-order valence-electron chi connectivity index (χ2n) is 13.4. The number of thioether (sulfide) groups is 1. The van der Waals surface area contributed by atoms with Crippen molar-refractivity contribution < 1.29 is 56.3 Å². The van der Waals surface area contributed by atoms with Crippen molar-refractivity contribution in [1.29, 1.82) is 0 Å². The fraction of sp³-hybridized carbons (Fsp3) is 0.677. The molecule has 1 unspecified atom stereocenters. The Hall–Kier alpha value is -2.70. The summed E-state index contributed by atoms with van der Waals surface area (Å²) in [6.07, 6.45) is -1.52. The summed E-state index contributed by atoms with van der Waals surface area (Å²) in [5, 5.41) is 40.2. The van der Waals surface area contributed by atoms with E-state index < -0.39 is 89.4 Å². The molecule has 2 saturated heterocycles. The summed E-state index contributed by atoms with van der Waals surface area (Å²) in [7, 11) is 1.30. The van der Waals surface area contributed by atoms with Crippen LogP contribution in [-0.2, 0) is 19.1 Å². The summed E-state index contributed by atoms with van der Waals surface area (Å²) >= 11 is 0.892. The summed E-state index contributed by atoms with van der Waals surface area (Å²) < 4.78 is 82.5. The molecule has 2 aliphatic heterocycles. The highest BCUT2D eigenvalue weighted by atomic mass is 32.2. The Bertz CT molecular complexity index is 1500. The molecule has 264 valence electrons. The van der Waals surface area contributed by atoms with E-state index in [2.05, 4.69) is 10.3 Å². The number of benzene rings is 1. The molecule has 2 aromatic rings. The first kappa shape index (κ1) is 35.1. The van der Waals surface area contributed by atoms with Gasteiger partial charge >= 0.3 is 0 Å². The van der Waals surface area contributed by atoms with Gasteiger partial charge in [-0.2, -0.15) is 0 Å². The summed E-state index contributed by atoms with van der Waals surface area (Å²) in [5.41, 5.74) is -3.19. The Balaban J connectivity index is 1.30. The lowest BCUT2D eigenvalue weighted by atomic mass is 9.57. The molecule has 4 fully saturated rings. The fourth-order valence-corrected chi connectivity index (χ4v) is 9.02. The molecule has 0 bridgehead atoms. The number of Topliss-reactive ketones (excluding diaryl/α,β-unsaturated/α-hetero) is 1. The number of aromatic nitrogens is 3. The number of likely N-dealkylation sites (tertiary alicyclic amines) is 1. The van der Waals surface area contributed by atoms with E-state index in [0.29, 0.717) is 25.7 Å². The number of rotatable bonds is 8. The molecular weight excluding hydrogens is 667 g/mol. The van der Waals surface area contributed by atoms with E-state index in [-0.39, 0.29) is 48.4 Å². The average molecular weight is 705 g/mol. The molecule has 3 heterocycles. The number of carbonyl (C=O) groups is 2. The minimum absolute atomic E-state index is 0.0685. The normalized spacial score (nSPS) is 30.2. The standard InChI is InChI=1S/C31H37F5N4O7S/c1-46-25-23(40-14-20(37-38-40)16-10-18(32)22(34)19(33)11-16)24(43)21(15-41)47-28(25)48-26(27(44)39-8-6-31(35,36)7-9-39)30(45)4-2-29(3-5-30)12-17(42)13-29/h10-11,14,21,23-26,28,41,43,45H,2-9,12-13,15H2,1H3/t21-,23+,24+,25-,26?,28+/m1/s1. The second kappa shape index (κ2) is 13.2. The molecule has 2 aliphatic carbocycles. The minimum atomic E-state index is -2.92. The van der Waals surface area contributed by atoms with Crippen molar-refractivity contribution in [1.82, 2.24) is 19.9 Å². The number of ether oxygens (including phenoxy) is 2. The third-order valence-corrected chi connectivity index (χ3v) is 11.9. The molecule has 1 aromatic carbocycles. The van der Waals surface area contributed by atoms with Crippen LogP contribution in [0.25, 0.3) is 11.3 Å². The number of aliphatic hydroxyl groups is 3. The molecule has 1 amide bonds. The Morgan fingerprint density at radius 3 is 2.29 bits per heavy atom. The van der Waals surface area contributed by atoms with Crippen molar-refractivity contribution >= 4 is 23.5 Å². The Kier molecular flexibility index (Phi) is 9.67. The van der Waals surface area contributed by atoms with Crippen molar-refractivity contribution in [2.75, 3.05) is 26.8 Å². The van der Waals surface area contributed by atoms with Crippen LogP contribution in [0.15, 0.2) is 18.3 Å². The van der Waals surface area contributed by atoms with E-state index in [1.165, 1.54) is 18.2 Å². The predicted molar refractivity (Wildman–Crippen MR) is 159 cm³/mol. The van der Waals surface area contributed by atoms with Gasteiger partial charge in [-0.3, -0.25) is 9.59 Å². The predicted octanol–water partition coefficient (Wildman–Crippen LogP) is 3.01. The van der Waals surface area contributed by atoms with Crippen LogP contribution in [-0.4, -0.2) is 114 Å². The number of alkyl halides is 2. The second-order valence-corrected chi connectivity index (χ2v) is 14.6. The maximum atomic E-state index is 14.1. The van der Waals surface area contributed by atoms with Crippen molar-refractivity contribution in [2.24, 2.45) is 5.41 Å². The number of amides is 1. The zero-order chi connectivity index (χ0) is 34.6. The van der Waals surface area contributed by atoms with Gasteiger partial charge in [0.1, 0.15) is 46.5 Å². The van der Waals surface area contributed by atoms with Gasteiger partial charge in [-0.1, -0.05) is 5.21 Å². The smallest absolute Gasteiger partial charge is 0.251 e. The van der Waals surface area contributed by atoms with Crippen molar-refractivity contribution in [3.8, 4) is 11.3 Å². The summed E-state index contributed by atoms with van der Waals surface area (Å²) in [4.78, 5) is 27.2. The van der Waals surface area contributed by atoms with Gasteiger partial charge in [0.15, 0.2) is 17.5 Å². The zero-order valence-corrected chi connectivity index (χ0v) is 26.9. The molecule has 0 radical (unpaired) electrons. The van der Waals surface area contributed by atoms with E-state index in [0.717, 1.165) is 28.6 Å². The van der Waals surface area contributed by atoms with Crippen molar-refractivity contribution in [2.45, 2.75) is 97.9 Å². The number of aliphatic hydroxyl groups excluding tert-OH is 2. The van der Waals surface area contributed by atoms with E-state index in [1.54, 1.807) is 0 Å². The first-order valence-electron chi connectivity index (χ1n) is 15.8. The van der Waals surface area contributed by atoms with Crippen LogP contribution >= 0.6 is 11.8 Å².